The van der Waals surface area contributed by atoms with Crippen LogP contribution in [-0.4, -0.2) is 41.0 Å². The molecule has 0 atom stereocenters. The van der Waals surface area contributed by atoms with Crippen molar-refractivity contribution in [3.05, 3.63) is 83.9 Å². The number of hydrogen-bond acceptors (Lipinski definition) is 7. The molecular formula is C24H19F6NO7S2. The highest BCUT2D eigenvalue weighted by Gasteiger charge is 2.49. The fourth-order valence-electron chi connectivity index (χ4n) is 3.13. The number of sulfone groups is 1. The quantitative estimate of drug-likeness (QED) is 0.203. The zero-order valence-electron chi connectivity index (χ0n) is 20.0. The minimum absolute atomic E-state index is 0.0666. The molecule has 0 aromatic heterocycles. The number of benzene rings is 3. The number of halogens is 6. The lowest BCUT2D eigenvalue weighted by atomic mass is 10.1. The maximum atomic E-state index is 13.1. The Morgan fingerprint density at radius 1 is 0.750 bits per heavy atom. The van der Waals surface area contributed by atoms with Crippen molar-refractivity contribution in [2.24, 2.45) is 0 Å². The Balaban J connectivity index is 1.86. The summed E-state index contributed by atoms with van der Waals surface area (Å²) in [5, 5.41) is 1.67. The first-order chi connectivity index (χ1) is 18.5. The predicted octanol–water partition coefficient (Wildman–Crippen LogP) is 4.55. The van der Waals surface area contributed by atoms with Crippen LogP contribution in [0.4, 0.5) is 26.3 Å². The zero-order valence-corrected chi connectivity index (χ0v) is 21.6. The second kappa shape index (κ2) is 11.8. The molecule has 0 fully saturated rings. The largest absolute Gasteiger partial charge is 0.534 e. The van der Waals surface area contributed by atoms with Crippen molar-refractivity contribution >= 4 is 25.9 Å². The van der Waals surface area contributed by atoms with Crippen LogP contribution < -0.4 is 14.2 Å². The van der Waals surface area contributed by atoms with Crippen molar-refractivity contribution in [1.82, 2.24) is 5.32 Å². The molecule has 1 N–H and O–H groups in total. The Labute approximate surface area is 224 Å². The summed E-state index contributed by atoms with van der Waals surface area (Å²) in [5.74, 6) is -3.63. The summed E-state index contributed by atoms with van der Waals surface area (Å²) in [6.45, 7) is -0.594. The molecule has 0 radical (unpaired) electrons. The second-order valence-corrected chi connectivity index (χ2v) is 11.5. The first-order valence-electron chi connectivity index (χ1n) is 11.0. The van der Waals surface area contributed by atoms with E-state index in [9.17, 15) is 48.0 Å². The molecule has 0 heterocycles. The number of alkyl halides is 6. The van der Waals surface area contributed by atoms with E-state index in [1.807, 2.05) is 0 Å². The third kappa shape index (κ3) is 7.65. The van der Waals surface area contributed by atoms with Gasteiger partial charge in [-0.3, -0.25) is 4.79 Å². The van der Waals surface area contributed by atoms with Gasteiger partial charge in [-0.15, -0.1) is 0 Å². The van der Waals surface area contributed by atoms with Crippen molar-refractivity contribution in [3.63, 3.8) is 0 Å². The molecule has 40 heavy (non-hydrogen) atoms. The second-order valence-electron chi connectivity index (χ2n) is 8.02. The molecule has 0 spiro atoms. The number of carbonyl (C=O) groups excluding carboxylic acids is 1. The van der Waals surface area contributed by atoms with Gasteiger partial charge in [-0.1, -0.05) is 42.5 Å². The standard InChI is InChI=1S/C24H19F6NO7S2/c25-23(26,27)22(32)31-13-12-16-6-8-18(9-7-16)39(33,34)19-10-11-20(37-15-17-4-2-1-3-5-17)21(14-19)38-40(35,36)24(28,29)30/h1-11,14H,12-13,15H2,(H,31,32). The predicted molar refractivity (Wildman–Crippen MR) is 127 cm³/mol. The SMILES string of the molecule is O=C(NCCc1ccc(S(=O)(=O)c2ccc(OCc3ccccc3)c(OS(=O)(=O)C(F)(F)F)c2)cc1)C(F)(F)F. The molecule has 0 bridgehead atoms. The minimum Gasteiger partial charge on any atom is -0.485 e. The average Bonchev–Trinajstić information content (AvgIpc) is 2.87. The van der Waals surface area contributed by atoms with E-state index >= 15 is 0 Å². The smallest absolute Gasteiger partial charge is 0.485 e. The van der Waals surface area contributed by atoms with Crippen molar-refractivity contribution in [2.75, 3.05) is 6.54 Å². The minimum atomic E-state index is -6.19. The average molecular weight is 612 g/mol. The molecule has 0 saturated heterocycles. The van der Waals surface area contributed by atoms with E-state index in [-0.39, 0.29) is 24.5 Å². The highest BCUT2D eigenvalue weighted by Crippen LogP contribution is 2.36. The molecule has 3 aromatic carbocycles. The van der Waals surface area contributed by atoms with Gasteiger partial charge < -0.3 is 14.2 Å². The van der Waals surface area contributed by atoms with Crippen molar-refractivity contribution in [1.29, 1.82) is 0 Å². The Hall–Kier alpha value is -3.79. The molecule has 3 rings (SSSR count). The van der Waals surface area contributed by atoms with Gasteiger partial charge in [0, 0.05) is 12.6 Å². The number of hydrogen-bond donors (Lipinski definition) is 1. The zero-order chi connectivity index (χ0) is 29.8. The molecule has 0 aliphatic rings. The summed E-state index contributed by atoms with van der Waals surface area (Å²) in [5.41, 5.74) is -4.87. The van der Waals surface area contributed by atoms with E-state index in [1.54, 1.807) is 35.6 Å². The van der Waals surface area contributed by atoms with Crippen LogP contribution >= 0.6 is 0 Å². The Morgan fingerprint density at radius 3 is 1.93 bits per heavy atom. The summed E-state index contributed by atoms with van der Waals surface area (Å²) >= 11 is 0. The molecule has 0 saturated carbocycles. The topological polar surface area (TPSA) is 116 Å². The first kappa shape index (κ1) is 30.7. The van der Waals surface area contributed by atoms with Crippen LogP contribution in [0.15, 0.2) is 82.6 Å². The lowest BCUT2D eigenvalue weighted by Crippen LogP contribution is -2.37. The van der Waals surface area contributed by atoms with E-state index in [0.717, 1.165) is 24.3 Å². The molecule has 0 unspecified atom stereocenters. The van der Waals surface area contributed by atoms with Gasteiger partial charge in [-0.2, -0.15) is 34.8 Å². The van der Waals surface area contributed by atoms with Gasteiger partial charge in [0.15, 0.2) is 11.5 Å². The molecule has 216 valence electrons. The Bertz CT molecular complexity index is 1560. The summed E-state index contributed by atoms with van der Waals surface area (Å²) in [7, 11) is -10.6. The van der Waals surface area contributed by atoms with E-state index in [0.29, 0.717) is 17.2 Å². The number of rotatable bonds is 10. The highest BCUT2D eigenvalue weighted by atomic mass is 32.2. The van der Waals surface area contributed by atoms with Crippen LogP contribution in [0.5, 0.6) is 11.5 Å². The molecular weight excluding hydrogens is 592 g/mol. The molecule has 1 amide bonds. The van der Waals surface area contributed by atoms with Gasteiger partial charge in [0.25, 0.3) is 0 Å². The molecule has 0 aliphatic heterocycles. The van der Waals surface area contributed by atoms with Crippen LogP contribution in [-0.2, 0) is 37.8 Å². The molecule has 8 nitrogen and oxygen atoms in total. The summed E-state index contributed by atoms with van der Waals surface area (Å²) in [6.07, 6.45) is -5.12. The molecule has 16 heteroatoms. The maximum Gasteiger partial charge on any atom is 0.534 e. The highest BCUT2D eigenvalue weighted by molar-refractivity contribution is 7.91. The lowest BCUT2D eigenvalue weighted by Gasteiger charge is -2.15. The lowest BCUT2D eigenvalue weighted by molar-refractivity contribution is -0.173. The molecule has 3 aromatic rings. The van der Waals surface area contributed by atoms with Crippen LogP contribution in [0.1, 0.15) is 11.1 Å². The van der Waals surface area contributed by atoms with Crippen molar-refractivity contribution < 1.29 is 56.9 Å². The Kier molecular flexibility index (Phi) is 9.04. The number of carbonyl (C=O) groups is 1. The first-order valence-corrected chi connectivity index (χ1v) is 13.9. The van der Waals surface area contributed by atoms with Gasteiger partial charge in [-0.05, 0) is 41.8 Å². The number of amides is 1. The van der Waals surface area contributed by atoms with Gasteiger partial charge in [0.1, 0.15) is 6.61 Å². The van der Waals surface area contributed by atoms with Crippen LogP contribution in [0.25, 0.3) is 0 Å². The fourth-order valence-corrected chi connectivity index (χ4v) is 4.87. The van der Waals surface area contributed by atoms with E-state index in [1.165, 1.54) is 12.1 Å². The van der Waals surface area contributed by atoms with E-state index < -0.39 is 53.9 Å². The van der Waals surface area contributed by atoms with Gasteiger partial charge in [-0.25, -0.2) is 8.42 Å². The van der Waals surface area contributed by atoms with Crippen LogP contribution in [0, 0.1) is 0 Å². The maximum absolute atomic E-state index is 13.1. The van der Waals surface area contributed by atoms with Crippen molar-refractivity contribution in [3.8, 4) is 11.5 Å². The normalized spacial score (nSPS) is 12.6. The number of nitrogens with one attached hydrogen (secondary N) is 1. The van der Waals surface area contributed by atoms with Crippen LogP contribution in [0.2, 0.25) is 0 Å². The fraction of sp³-hybridized carbons (Fsp3) is 0.208. The summed E-state index contributed by atoms with van der Waals surface area (Å²) in [4.78, 5) is 9.88. The van der Waals surface area contributed by atoms with E-state index in [4.69, 9.17) is 4.74 Å². The summed E-state index contributed by atoms with van der Waals surface area (Å²) < 4.78 is 135. The molecule has 0 aliphatic carbocycles. The van der Waals surface area contributed by atoms with Crippen LogP contribution in [0.3, 0.4) is 0 Å². The third-order valence-electron chi connectivity index (χ3n) is 5.14. The number of ether oxygens (including phenoxy) is 1. The van der Waals surface area contributed by atoms with E-state index in [2.05, 4.69) is 4.18 Å². The van der Waals surface area contributed by atoms with Gasteiger partial charge in [0.05, 0.1) is 9.79 Å². The van der Waals surface area contributed by atoms with Gasteiger partial charge in [0.2, 0.25) is 9.84 Å². The monoisotopic (exact) mass is 611 g/mol. The van der Waals surface area contributed by atoms with Crippen molar-refractivity contribution in [2.45, 2.75) is 34.5 Å². The Morgan fingerprint density at radius 2 is 1.35 bits per heavy atom. The summed E-state index contributed by atoms with van der Waals surface area (Å²) in [6, 6.07) is 15.4. The third-order valence-corrected chi connectivity index (χ3v) is 7.87. The van der Waals surface area contributed by atoms with Gasteiger partial charge >= 0.3 is 27.7 Å².